The number of hydrogen-bond acceptors (Lipinski definition) is 5. The number of rotatable bonds is 8. The van der Waals surface area contributed by atoms with Gasteiger partial charge in [-0.15, -0.1) is 0 Å². The first-order chi connectivity index (χ1) is 21.8. The quantitative estimate of drug-likeness (QED) is 0.167. The van der Waals surface area contributed by atoms with Gasteiger partial charge in [0.1, 0.15) is 23.7 Å². The van der Waals surface area contributed by atoms with Crippen molar-refractivity contribution in [1.82, 2.24) is 0 Å². The average Bonchev–Trinajstić information content (AvgIpc) is 3.64. The Morgan fingerprint density at radius 3 is 1.71 bits per heavy atom. The molecule has 232 valence electrons. The molecule has 0 bridgehead atoms. The van der Waals surface area contributed by atoms with E-state index in [1.54, 1.807) is 24.3 Å². The molecule has 2 saturated heterocycles. The zero-order valence-electron chi connectivity index (χ0n) is 24.1. The van der Waals surface area contributed by atoms with Gasteiger partial charge in [-0.25, -0.2) is 0 Å². The van der Waals surface area contributed by atoms with Gasteiger partial charge in [0, 0.05) is 48.8 Å². The second kappa shape index (κ2) is 13.4. The molecule has 8 rings (SSSR count). The summed E-state index contributed by atoms with van der Waals surface area (Å²) in [6.07, 6.45) is 1.45. The van der Waals surface area contributed by atoms with Crippen molar-refractivity contribution in [3.8, 4) is 11.5 Å². The van der Waals surface area contributed by atoms with Gasteiger partial charge in [0.05, 0.1) is 31.5 Å². The van der Waals surface area contributed by atoms with Crippen molar-refractivity contribution in [3.05, 3.63) is 126 Å². The first-order valence-corrected chi connectivity index (χ1v) is 17.3. The molecule has 4 aliphatic rings. The summed E-state index contributed by atoms with van der Waals surface area (Å²) in [6, 6.07) is 26.8. The summed E-state index contributed by atoms with van der Waals surface area (Å²) in [5.41, 5.74) is 3.44. The second-order valence-electron chi connectivity index (χ2n) is 11.9. The number of halogens is 4. The minimum atomic E-state index is -0.0976. The van der Waals surface area contributed by atoms with Crippen molar-refractivity contribution in [1.29, 1.82) is 0 Å². The molecular weight excluding hydrogens is 743 g/mol. The van der Waals surface area contributed by atoms with Crippen molar-refractivity contribution < 1.29 is 23.7 Å². The van der Waals surface area contributed by atoms with Crippen LogP contribution in [0.3, 0.4) is 0 Å². The fourth-order valence-corrected chi connectivity index (χ4v) is 7.29. The van der Waals surface area contributed by atoms with Crippen molar-refractivity contribution in [2.75, 3.05) is 26.4 Å². The van der Waals surface area contributed by atoms with Crippen LogP contribution < -0.4 is 9.47 Å². The Morgan fingerprint density at radius 1 is 0.667 bits per heavy atom. The average molecular weight is 773 g/mol. The fraction of sp³-hybridized carbons (Fsp3) is 0.306. The predicted octanol–water partition coefficient (Wildman–Crippen LogP) is 9.07. The van der Waals surface area contributed by atoms with E-state index in [4.69, 9.17) is 42.1 Å². The molecule has 2 aliphatic carbocycles. The normalized spacial score (nSPS) is 25.4. The van der Waals surface area contributed by atoms with E-state index < -0.39 is 0 Å². The van der Waals surface area contributed by atoms with Crippen molar-refractivity contribution in [3.63, 3.8) is 0 Å². The lowest BCUT2D eigenvalue weighted by Crippen LogP contribution is -2.10. The van der Waals surface area contributed by atoms with Crippen LogP contribution in [-0.2, 0) is 15.9 Å². The number of hydrogen-bond donors (Lipinski definition) is 0. The maximum atomic E-state index is 12.6. The van der Waals surface area contributed by atoms with E-state index >= 15 is 0 Å². The Balaban J connectivity index is 0.000000145. The van der Waals surface area contributed by atoms with Crippen LogP contribution in [0.15, 0.2) is 93.9 Å². The minimum Gasteiger partial charge on any atom is -0.490 e. The molecule has 4 aromatic rings. The maximum Gasteiger partial charge on any atom is 0.194 e. The van der Waals surface area contributed by atoms with Gasteiger partial charge in [-0.1, -0.05) is 67.2 Å². The van der Waals surface area contributed by atoms with Crippen LogP contribution in [0, 0.1) is 23.7 Å². The molecule has 0 radical (unpaired) electrons. The van der Waals surface area contributed by atoms with Gasteiger partial charge in [-0.2, -0.15) is 0 Å². The Kier molecular flexibility index (Phi) is 9.28. The molecule has 2 saturated carbocycles. The molecule has 2 aliphatic heterocycles. The number of fused-ring (bicyclic) bond motifs is 2. The topological polar surface area (TPSA) is 54.0 Å². The molecule has 0 N–H and O–H groups in total. The molecule has 0 spiro atoms. The molecule has 4 aromatic carbocycles. The highest BCUT2D eigenvalue weighted by Crippen LogP contribution is 2.47. The molecule has 0 aromatic heterocycles. The summed E-state index contributed by atoms with van der Waals surface area (Å²) in [5.74, 6) is 3.94. The van der Waals surface area contributed by atoms with Gasteiger partial charge in [-0.05, 0) is 90.3 Å². The first kappa shape index (κ1) is 31.2. The zero-order valence-corrected chi connectivity index (χ0v) is 28.8. The molecule has 2 heterocycles. The summed E-state index contributed by atoms with van der Waals surface area (Å²) in [6.45, 7) is 3.31. The third kappa shape index (κ3) is 7.14. The van der Waals surface area contributed by atoms with E-state index in [1.165, 1.54) is 5.56 Å². The Bertz CT molecular complexity index is 1680. The number of carbonyl (C=O) groups excluding carboxylic acids is 1. The minimum absolute atomic E-state index is 0.0976. The fourth-order valence-electron chi connectivity index (χ4n) is 6.13. The number of carbonyl (C=O) groups is 1. The van der Waals surface area contributed by atoms with Gasteiger partial charge < -0.3 is 18.9 Å². The summed E-state index contributed by atoms with van der Waals surface area (Å²) in [4.78, 5) is 12.6. The SMILES string of the molecule is Clc1ccc(Br)cc1Cc1ccc(OC2C3COCC32)cc1.O=C(c1ccc(OC2C3COCC32)cc1)c1cc(Br)ccc1Cl. The Labute approximate surface area is 289 Å². The highest BCUT2D eigenvalue weighted by Gasteiger charge is 2.57. The highest BCUT2D eigenvalue weighted by atomic mass is 79.9. The number of ether oxygens (including phenoxy) is 4. The lowest BCUT2D eigenvalue weighted by molar-refractivity contribution is 0.103. The third-order valence-corrected chi connectivity index (χ3v) is 10.6. The molecule has 4 unspecified atom stereocenters. The monoisotopic (exact) mass is 770 g/mol. The smallest absolute Gasteiger partial charge is 0.194 e. The Morgan fingerprint density at radius 2 is 1.16 bits per heavy atom. The molecule has 0 amide bonds. The summed E-state index contributed by atoms with van der Waals surface area (Å²) in [7, 11) is 0. The zero-order chi connectivity index (χ0) is 31.1. The van der Waals surface area contributed by atoms with Crippen molar-refractivity contribution >= 4 is 60.8 Å². The third-order valence-electron chi connectivity index (χ3n) is 8.91. The van der Waals surface area contributed by atoms with Crippen LogP contribution in [0.4, 0.5) is 0 Å². The molecule has 4 fully saturated rings. The molecule has 5 nitrogen and oxygen atoms in total. The number of benzene rings is 4. The lowest BCUT2D eigenvalue weighted by Gasteiger charge is -2.10. The van der Waals surface area contributed by atoms with Crippen LogP contribution in [0.2, 0.25) is 10.0 Å². The van der Waals surface area contributed by atoms with Crippen LogP contribution in [0.25, 0.3) is 0 Å². The van der Waals surface area contributed by atoms with E-state index in [9.17, 15) is 4.79 Å². The largest absolute Gasteiger partial charge is 0.490 e. The van der Waals surface area contributed by atoms with Crippen LogP contribution >= 0.6 is 55.1 Å². The maximum absolute atomic E-state index is 12.6. The van der Waals surface area contributed by atoms with E-state index in [-0.39, 0.29) is 11.9 Å². The van der Waals surface area contributed by atoms with Gasteiger partial charge in [0.15, 0.2) is 5.78 Å². The molecule has 4 atom stereocenters. The molecule has 45 heavy (non-hydrogen) atoms. The van der Waals surface area contributed by atoms with Crippen LogP contribution in [0.5, 0.6) is 11.5 Å². The number of ketones is 1. The molecular formula is C36H30Br2Cl2O5. The van der Waals surface area contributed by atoms with Crippen LogP contribution in [-0.4, -0.2) is 44.4 Å². The van der Waals surface area contributed by atoms with Gasteiger partial charge in [-0.3, -0.25) is 4.79 Å². The van der Waals surface area contributed by atoms with E-state index in [1.807, 2.05) is 30.3 Å². The van der Waals surface area contributed by atoms with E-state index in [0.717, 1.165) is 63.9 Å². The predicted molar refractivity (Wildman–Crippen MR) is 182 cm³/mol. The summed E-state index contributed by atoms with van der Waals surface area (Å²) < 4.78 is 24.6. The van der Waals surface area contributed by atoms with Gasteiger partial charge >= 0.3 is 0 Å². The first-order valence-electron chi connectivity index (χ1n) is 15.0. The van der Waals surface area contributed by atoms with Crippen LogP contribution in [0.1, 0.15) is 27.0 Å². The highest BCUT2D eigenvalue weighted by molar-refractivity contribution is 9.10. The second-order valence-corrected chi connectivity index (χ2v) is 14.6. The van der Waals surface area contributed by atoms with E-state index in [2.05, 4.69) is 62.2 Å². The van der Waals surface area contributed by atoms with E-state index in [0.29, 0.717) is 45.9 Å². The lowest BCUT2D eigenvalue weighted by atomic mass is 10.0. The summed E-state index contributed by atoms with van der Waals surface area (Å²) >= 11 is 19.2. The summed E-state index contributed by atoms with van der Waals surface area (Å²) in [5, 5.41) is 1.25. The van der Waals surface area contributed by atoms with Crippen molar-refractivity contribution in [2.24, 2.45) is 23.7 Å². The molecule has 9 heteroatoms. The van der Waals surface area contributed by atoms with Gasteiger partial charge in [0.25, 0.3) is 0 Å². The van der Waals surface area contributed by atoms with Crippen molar-refractivity contribution in [2.45, 2.75) is 18.6 Å². The standard InChI is InChI=1S/C18H14BrClO3.C18H16BrClO2/c19-11-3-6-16(20)13(7-11)17(21)10-1-4-12(5-2-10)23-18-14-8-22-9-15(14)18;19-13-3-6-17(20)12(8-13)7-11-1-4-14(5-2-11)22-18-15-9-21-10-16(15)18/h1-7,14-15,18H,8-9H2;1-6,8,15-16,18H,7,9-10H2. The van der Waals surface area contributed by atoms with Gasteiger partial charge in [0.2, 0.25) is 0 Å². The Hall–Kier alpha value is -2.39.